The molecular weight excluding hydrogens is 196 g/mol. The summed E-state index contributed by atoms with van der Waals surface area (Å²) in [5.74, 6) is 0. The molecule has 0 unspecified atom stereocenters. The lowest BCUT2D eigenvalue weighted by molar-refractivity contribution is 0.331. The lowest BCUT2D eigenvalue weighted by Gasteiger charge is -1.99. The number of hydrogen-bond acceptors (Lipinski definition) is 1. The molecule has 0 aromatic rings. The van der Waals surface area contributed by atoms with E-state index in [-0.39, 0.29) is 6.61 Å². The van der Waals surface area contributed by atoms with Gasteiger partial charge in [0, 0.05) is 0 Å². The molecule has 0 saturated carbocycles. The van der Waals surface area contributed by atoms with Crippen LogP contribution in [0.1, 0.15) is 40.0 Å². The molecule has 0 radical (unpaired) electrons. The summed E-state index contributed by atoms with van der Waals surface area (Å²) < 4.78 is 0. The van der Waals surface area contributed by atoms with Gasteiger partial charge in [0.05, 0.1) is 6.61 Å². The maximum Gasteiger partial charge on any atom is 0.0639 e. The molecule has 1 heteroatoms. The molecule has 0 bridgehead atoms. The number of aliphatic hydroxyl groups excluding tert-OH is 1. The zero-order chi connectivity index (χ0) is 12.4. The van der Waals surface area contributed by atoms with Crippen LogP contribution in [0.3, 0.4) is 0 Å². The SMILES string of the molecule is C=C/C(C)=C\C/C=C(\C)CC/C=C(\C)CO. The van der Waals surface area contributed by atoms with E-state index in [0.717, 1.165) is 24.8 Å². The average molecular weight is 220 g/mol. The highest BCUT2D eigenvalue weighted by Crippen LogP contribution is 2.08. The molecule has 16 heavy (non-hydrogen) atoms. The Morgan fingerprint density at radius 3 is 2.31 bits per heavy atom. The number of aliphatic hydroxyl groups is 1. The highest BCUT2D eigenvalue weighted by molar-refractivity contribution is 5.15. The first-order chi connectivity index (χ1) is 7.60. The van der Waals surface area contributed by atoms with E-state index in [2.05, 4.69) is 38.7 Å². The fraction of sp³-hybridized carbons (Fsp3) is 0.467. The van der Waals surface area contributed by atoms with Crippen molar-refractivity contribution < 1.29 is 5.11 Å². The molecule has 0 aliphatic heterocycles. The molecule has 0 aliphatic carbocycles. The Hall–Kier alpha value is -1.08. The number of rotatable bonds is 7. The van der Waals surface area contributed by atoms with Crippen molar-refractivity contribution in [2.45, 2.75) is 40.0 Å². The van der Waals surface area contributed by atoms with Crippen molar-refractivity contribution >= 4 is 0 Å². The van der Waals surface area contributed by atoms with E-state index < -0.39 is 0 Å². The van der Waals surface area contributed by atoms with E-state index in [0.29, 0.717) is 0 Å². The zero-order valence-electron chi connectivity index (χ0n) is 10.8. The predicted molar refractivity (Wildman–Crippen MR) is 72.4 cm³/mol. The Bertz CT molecular complexity index is 293. The second-order valence-electron chi connectivity index (χ2n) is 4.19. The monoisotopic (exact) mass is 220 g/mol. The number of allylic oxidation sites excluding steroid dienone is 6. The lowest BCUT2D eigenvalue weighted by Crippen LogP contribution is -1.84. The molecule has 0 aliphatic rings. The molecule has 0 aromatic heterocycles. The summed E-state index contributed by atoms with van der Waals surface area (Å²) in [5.41, 5.74) is 3.67. The van der Waals surface area contributed by atoms with Crippen LogP contribution in [0.2, 0.25) is 0 Å². The van der Waals surface area contributed by atoms with Crippen molar-refractivity contribution in [2.75, 3.05) is 6.61 Å². The number of hydrogen-bond donors (Lipinski definition) is 1. The van der Waals surface area contributed by atoms with Crippen LogP contribution in [0.5, 0.6) is 0 Å². The third-order valence-electron chi connectivity index (χ3n) is 2.51. The first-order valence-corrected chi connectivity index (χ1v) is 5.81. The standard InChI is InChI=1S/C15H24O/c1-5-13(2)8-6-9-14(3)10-7-11-15(4)12-16/h5,8-9,11,16H,1,6-7,10,12H2,2-4H3/b13-8-,14-9+,15-11+. The molecular formula is C15H24O. The van der Waals surface area contributed by atoms with Gasteiger partial charge in [0.25, 0.3) is 0 Å². The second kappa shape index (κ2) is 9.17. The fourth-order valence-electron chi connectivity index (χ4n) is 1.24. The maximum absolute atomic E-state index is 8.83. The summed E-state index contributed by atoms with van der Waals surface area (Å²) >= 11 is 0. The molecule has 0 atom stereocenters. The van der Waals surface area contributed by atoms with Gasteiger partial charge in [0.15, 0.2) is 0 Å². The normalized spacial score (nSPS) is 14.1. The molecule has 0 spiro atoms. The van der Waals surface area contributed by atoms with Crippen molar-refractivity contribution in [1.82, 2.24) is 0 Å². The van der Waals surface area contributed by atoms with Crippen LogP contribution in [0, 0.1) is 0 Å². The van der Waals surface area contributed by atoms with E-state index in [1.165, 1.54) is 11.1 Å². The predicted octanol–water partition coefficient (Wildman–Crippen LogP) is 4.17. The van der Waals surface area contributed by atoms with Gasteiger partial charge in [-0.05, 0) is 40.0 Å². The van der Waals surface area contributed by atoms with Gasteiger partial charge in [-0.3, -0.25) is 0 Å². The van der Waals surface area contributed by atoms with Crippen molar-refractivity contribution in [1.29, 1.82) is 0 Å². The summed E-state index contributed by atoms with van der Waals surface area (Å²) in [7, 11) is 0. The van der Waals surface area contributed by atoms with Gasteiger partial charge >= 0.3 is 0 Å². The Balaban J connectivity index is 3.93. The van der Waals surface area contributed by atoms with Crippen LogP contribution in [0.4, 0.5) is 0 Å². The minimum Gasteiger partial charge on any atom is -0.392 e. The van der Waals surface area contributed by atoms with Crippen molar-refractivity contribution in [3.8, 4) is 0 Å². The molecule has 0 saturated heterocycles. The van der Waals surface area contributed by atoms with Gasteiger partial charge in [0.1, 0.15) is 0 Å². The van der Waals surface area contributed by atoms with E-state index in [9.17, 15) is 0 Å². The van der Waals surface area contributed by atoms with Gasteiger partial charge in [-0.1, -0.05) is 47.6 Å². The Morgan fingerprint density at radius 1 is 1.06 bits per heavy atom. The van der Waals surface area contributed by atoms with Gasteiger partial charge in [-0.25, -0.2) is 0 Å². The highest BCUT2D eigenvalue weighted by atomic mass is 16.3. The molecule has 0 aromatic carbocycles. The Morgan fingerprint density at radius 2 is 1.75 bits per heavy atom. The fourth-order valence-corrected chi connectivity index (χ4v) is 1.24. The van der Waals surface area contributed by atoms with Crippen molar-refractivity contribution in [2.24, 2.45) is 0 Å². The summed E-state index contributed by atoms with van der Waals surface area (Å²) in [5, 5.41) is 8.83. The molecule has 0 heterocycles. The van der Waals surface area contributed by atoms with E-state index >= 15 is 0 Å². The minimum atomic E-state index is 0.171. The minimum absolute atomic E-state index is 0.171. The molecule has 1 nitrogen and oxygen atoms in total. The second-order valence-corrected chi connectivity index (χ2v) is 4.19. The summed E-state index contributed by atoms with van der Waals surface area (Å²) in [4.78, 5) is 0. The Kier molecular flexibility index (Phi) is 8.55. The van der Waals surface area contributed by atoms with E-state index in [1.54, 1.807) is 0 Å². The summed E-state index contributed by atoms with van der Waals surface area (Å²) in [6, 6.07) is 0. The molecule has 0 fully saturated rings. The molecule has 90 valence electrons. The maximum atomic E-state index is 8.83. The topological polar surface area (TPSA) is 20.2 Å². The molecule has 0 amide bonds. The smallest absolute Gasteiger partial charge is 0.0639 e. The van der Waals surface area contributed by atoms with Crippen LogP contribution in [-0.2, 0) is 0 Å². The summed E-state index contributed by atoms with van der Waals surface area (Å²) in [6.07, 6.45) is 11.4. The third-order valence-corrected chi connectivity index (χ3v) is 2.51. The lowest BCUT2D eigenvalue weighted by atomic mass is 10.1. The van der Waals surface area contributed by atoms with Gasteiger partial charge < -0.3 is 5.11 Å². The van der Waals surface area contributed by atoms with E-state index in [4.69, 9.17) is 5.11 Å². The Labute approximate surface area is 99.9 Å². The van der Waals surface area contributed by atoms with Crippen LogP contribution >= 0.6 is 0 Å². The van der Waals surface area contributed by atoms with Crippen LogP contribution in [0.15, 0.2) is 47.6 Å². The average Bonchev–Trinajstić information content (AvgIpc) is 2.28. The first-order valence-electron chi connectivity index (χ1n) is 5.81. The first kappa shape index (κ1) is 14.9. The molecule has 1 N–H and O–H groups in total. The van der Waals surface area contributed by atoms with Crippen LogP contribution in [-0.4, -0.2) is 11.7 Å². The van der Waals surface area contributed by atoms with Gasteiger partial charge in [-0.2, -0.15) is 0 Å². The summed E-state index contributed by atoms with van der Waals surface area (Å²) in [6.45, 7) is 10.1. The van der Waals surface area contributed by atoms with Crippen molar-refractivity contribution in [3.05, 3.63) is 47.6 Å². The van der Waals surface area contributed by atoms with Crippen LogP contribution < -0.4 is 0 Å². The van der Waals surface area contributed by atoms with Crippen LogP contribution in [0.25, 0.3) is 0 Å². The largest absolute Gasteiger partial charge is 0.392 e. The highest BCUT2D eigenvalue weighted by Gasteiger charge is 1.89. The zero-order valence-corrected chi connectivity index (χ0v) is 10.8. The van der Waals surface area contributed by atoms with Gasteiger partial charge in [-0.15, -0.1) is 0 Å². The van der Waals surface area contributed by atoms with Crippen molar-refractivity contribution in [3.63, 3.8) is 0 Å². The third kappa shape index (κ3) is 8.25. The molecule has 0 rings (SSSR count). The quantitative estimate of drug-likeness (QED) is 0.504. The van der Waals surface area contributed by atoms with E-state index in [1.807, 2.05) is 13.0 Å². The van der Waals surface area contributed by atoms with Gasteiger partial charge in [0.2, 0.25) is 0 Å².